The summed E-state index contributed by atoms with van der Waals surface area (Å²) in [5, 5.41) is 3.18. The Morgan fingerprint density at radius 3 is 2.35 bits per heavy atom. The van der Waals surface area contributed by atoms with Crippen LogP contribution >= 0.6 is 0 Å². The number of ether oxygens (including phenoxy) is 1. The summed E-state index contributed by atoms with van der Waals surface area (Å²) in [5.41, 5.74) is 3.59. The summed E-state index contributed by atoms with van der Waals surface area (Å²) in [6.07, 6.45) is 4.60. The van der Waals surface area contributed by atoms with Crippen molar-refractivity contribution in [3.05, 3.63) is 46.7 Å². The number of likely N-dealkylation sites (N-methyl/N-ethyl adjacent to an activating group) is 1. The molecule has 7 nitrogen and oxygen atoms in total. The van der Waals surface area contributed by atoms with E-state index in [4.69, 9.17) is 4.74 Å². The zero-order chi connectivity index (χ0) is 22.8. The molecule has 31 heavy (non-hydrogen) atoms. The van der Waals surface area contributed by atoms with Gasteiger partial charge in [0.1, 0.15) is 6.61 Å². The van der Waals surface area contributed by atoms with Crippen LogP contribution in [0.5, 0.6) is 0 Å². The second-order valence-electron chi connectivity index (χ2n) is 8.04. The quantitative estimate of drug-likeness (QED) is 0.432. The summed E-state index contributed by atoms with van der Waals surface area (Å²) in [6.45, 7) is 3.02. The summed E-state index contributed by atoms with van der Waals surface area (Å²) < 4.78 is 5.44. The van der Waals surface area contributed by atoms with Gasteiger partial charge in [-0.05, 0) is 37.7 Å². The van der Waals surface area contributed by atoms with E-state index in [1.165, 1.54) is 6.92 Å². The summed E-state index contributed by atoms with van der Waals surface area (Å²) >= 11 is 0. The van der Waals surface area contributed by atoms with Crippen LogP contribution < -0.4 is 5.32 Å². The predicted molar refractivity (Wildman–Crippen MR) is 121 cm³/mol. The second kappa shape index (κ2) is 12.2. The lowest BCUT2D eigenvalue weighted by Crippen LogP contribution is -2.30. The Kier molecular flexibility index (Phi) is 9.72. The van der Waals surface area contributed by atoms with Crippen LogP contribution in [0.4, 0.5) is 0 Å². The highest BCUT2D eigenvalue weighted by Crippen LogP contribution is 2.26. The third-order valence-electron chi connectivity index (χ3n) is 5.65. The number of allylic oxidation sites excluding steroid dienone is 2. The maximum absolute atomic E-state index is 12.9. The number of nitrogens with one attached hydrogen (secondary N) is 1. The first-order valence-corrected chi connectivity index (χ1v) is 10.9. The van der Waals surface area contributed by atoms with E-state index < -0.39 is 0 Å². The number of carbonyl (C=O) groups is 3. The number of hydrogen-bond acceptors (Lipinski definition) is 5. The van der Waals surface area contributed by atoms with Gasteiger partial charge >= 0.3 is 0 Å². The summed E-state index contributed by atoms with van der Waals surface area (Å²) in [5.74, 6) is -0.00332. The van der Waals surface area contributed by atoms with Crippen LogP contribution in [0.1, 0.15) is 54.9 Å². The Balaban J connectivity index is 1.81. The van der Waals surface area contributed by atoms with E-state index in [0.717, 1.165) is 42.5 Å². The minimum absolute atomic E-state index is 0.0117. The molecule has 0 radical (unpaired) electrons. The molecule has 1 aliphatic rings. The fourth-order valence-corrected chi connectivity index (χ4v) is 3.56. The molecule has 0 aliphatic heterocycles. The predicted octanol–water partition coefficient (Wildman–Crippen LogP) is 2.76. The number of Topliss-reactive ketones (excluding diaryl/α,β-unsaturated/α-hetero) is 1. The van der Waals surface area contributed by atoms with E-state index in [0.29, 0.717) is 31.7 Å². The van der Waals surface area contributed by atoms with Gasteiger partial charge in [0.2, 0.25) is 11.8 Å². The van der Waals surface area contributed by atoms with Crippen LogP contribution in [0.3, 0.4) is 0 Å². The number of ketones is 1. The van der Waals surface area contributed by atoms with E-state index in [9.17, 15) is 14.4 Å². The van der Waals surface area contributed by atoms with Crippen LogP contribution in [0.15, 0.2) is 35.5 Å². The Labute approximate surface area is 185 Å². The van der Waals surface area contributed by atoms with Gasteiger partial charge in [-0.3, -0.25) is 14.4 Å². The minimum atomic E-state index is -0.105. The molecule has 0 unspecified atom stereocenters. The van der Waals surface area contributed by atoms with Gasteiger partial charge in [0.05, 0.1) is 0 Å². The largest absolute Gasteiger partial charge is 0.391 e. The highest BCUT2D eigenvalue weighted by atomic mass is 16.5. The number of nitrogens with zero attached hydrogens (tertiary/aromatic N) is 2. The molecule has 0 heterocycles. The zero-order valence-corrected chi connectivity index (χ0v) is 19.2. The van der Waals surface area contributed by atoms with E-state index in [2.05, 4.69) is 5.32 Å². The molecule has 1 N–H and O–H groups in total. The number of hydrogen-bond donors (Lipinski definition) is 1. The smallest absolute Gasteiger partial charge is 0.248 e. The lowest BCUT2D eigenvalue weighted by molar-refractivity contribution is -0.135. The van der Waals surface area contributed by atoms with Crippen LogP contribution in [0.2, 0.25) is 0 Å². The number of carbonyl (C=O) groups excluding carboxylic acids is 3. The Bertz CT molecular complexity index is 802. The molecule has 1 aromatic carbocycles. The van der Waals surface area contributed by atoms with Gasteiger partial charge in [-0.25, -0.2) is 0 Å². The molecule has 0 bridgehead atoms. The van der Waals surface area contributed by atoms with Crippen molar-refractivity contribution in [2.24, 2.45) is 0 Å². The van der Waals surface area contributed by atoms with Crippen molar-refractivity contribution in [1.82, 2.24) is 15.1 Å². The standard InChI is InChI=1S/C24H35N3O4/c1-18(28)26(3)14-7-15-31-17-23(29)27(4)16-19-10-12-20(13-11-19)24(30)21-8-5-6-9-22(21)25-2/h10-13,25H,5-9,14-17H2,1-4H3. The van der Waals surface area contributed by atoms with Crippen molar-refractivity contribution in [2.45, 2.75) is 45.6 Å². The summed E-state index contributed by atoms with van der Waals surface area (Å²) in [7, 11) is 5.35. The lowest BCUT2D eigenvalue weighted by atomic mass is 9.90. The molecule has 7 heteroatoms. The molecule has 1 aliphatic carbocycles. The van der Waals surface area contributed by atoms with Gasteiger partial charge in [0, 0.05) is 64.6 Å². The lowest BCUT2D eigenvalue weighted by Gasteiger charge is -2.20. The van der Waals surface area contributed by atoms with Gasteiger partial charge in [-0.15, -0.1) is 0 Å². The van der Waals surface area contributed by atoms with Crippen LogP contribution in [-0.2, 0) is 20.9 Å². The molecule has 0 fully saturated rings. The highest BCUT2D eigenvalue weighted by molar-refractivity contribution is 6.09. The fraction of sp³-hybridized carbons (Fsp3) is 0.542. The maximum atomic E-state index is 12.9. The van der Waals surface area contributed by atoms with E-state index >= 15 is 0 Å². The molecule has 2 amide bonds. The molecule has 0 saturated carbocycles. The normalized spacial score (nSPS) is 13.7. The number of benzene rings is 1. The third-order valence-corrected chi connectivity index (χ3v) is 5.65. The van der Waals surface area contributed by atoms with Crippen molar-refractivity contribution in [3.63, 3.8) is 0 Å². The molecule has 1 aromatic rings. The Morgan fingerprint density at radius 1 is 1.03 bits per heavy atom. The SMILES string of the molecule is CNC1=C(C(=O)c2ccc(CN(C)C(=O)COCCCN(C)C(C)=O)cc2)CCCC1. The van der Waals surface area contributed by atoms with Crippen molar-refractivity contribution < 1.29 is 19.1 Å². The van der Waals surface area contributed by atoms with E-state index in [1.807, 2.05) is 31.3 Å². The van der Waals surface area contributed by atoms with Gasteiger partial charge in [0.25, 0.3) is 0 Å². The fourth-order valence-electron chi connectivity index (χ4n) is 3.56. The van der Waals surface area contributed by atoms with Crippen molar-refractivity contribution in [2.75, 3.05) is 40.9 Å². The van der Waals surface area contributed by atoms with Gasteiger partial charge in [-0.1, -0.05) is 24.3 Å². The van der Waals surface area contributed by atoms with Crippen LogP contribution in [-0.4, -0.2) is 68.3 Å². The van der Waals surface area contributed by atoms with Crippen LogP contribution in [0, 0.1) is 0 Å². The minimum Gasteiger partial charge on any atom is -0.391 e. The first-order valence-electron chi connectivity index (χ1n) is 10.9. The Hall–Kier alpha value is -2.67. The molecule has 0 saturated heterocycles. The number of rotatable bonds is 11. The van der Waals surface area contributed by atoms with Gasteiger partial charge < -0.3 is 19.9 Å². The molecule has 2 rings (SSSR count). The first kappa shape index (κ1) is 24.6. The molecule has 0 spiro atoms. The third kappa shape index (κ3) is 7.51. The summed E-state index contributed by atoms with van der Waals surface area (Å²) in [6, 6.07) is 7.48. The maximum Gasteiger partial charge on any atom is 0.248 e. The monoisotopic (exact) mass is 429 g/mol. The molecule has 0 atom stereocenters. The van der Waals surface area contributed by atoms with Crippen molar-refractivity contribution in [3.8, 4) is 0 Å². The molecular weight excluding hydrogens is 394 g/mol. The van der Waals surface area contributed by atoms with E-state index in [-0.39, 0.29) is 24.2 Å². The van der Waals surface area contributed by atoms with Crippen molar-refractivity contribution >= 4 is 17.6 Å². The molecule has 170 valence electrons. The topological polar surface area (TPSA) is 79.0 Å². The highest BCUT2D eigenvalue weighted by Gasteiger charge is 2.20. The average Bonchev–Trinajstić information content (AvgIpc) is 2.78. The second-order valence-corrected chi connectivity index (χ2v) is 8.04. The van der Waals surface area contributed by atoms with Crippen LogP contribution in [0.25, 0.3) is 0 Å². The molecular formula is C24H35N3O4. The average molecular weight is 430 g/mol. The number of amides is 2. The van der Waals surface area contributed by atoms with Gasteiger partial charge in [0.15, 0.2) is 5.78 Å². The zero-order valence-electron chi connectivity index (χ0n) is 19.2. The van der Waals surface area contributed by atoms with E-state index in [1.54, 1.807) is 23.9 Å². The van der Waals surface area contributed by atoms with Gasteiger partial charge in [-0.2, -0.15) is 0 Å². The first-order chi connectivity index (χ1) is 14.8. The van der Waals surface area contributed by atoms with Crippen molar-refractivity contribution in [1.29, 1.82) is 0 Å². The summed E-state index contributed by atoms with van der Waals surface area (Å²) in [4.78, 5) is 39.5. The molecule has 0 aromatic heterocycles. The Morgan fingerprint density at radius 2 is 1.71 bits per heavy atom.